The van der Waals surface area contributed by atoms with Gasteiger partial charge in [-0.05, 0) is 33.5 Å². The average molecular weight is 359 g/mol. The Morgan fingerprint density at radius 2 is 1.39 bits per heavy atom. The van der Waals surface area contributed by atoms with E-state index in [0.717, 1.165) is 38.6 Å². The Morgan fingerprint density at radius 3 is 1.91 bits per heavy atom. The van der Waals surface area contributed by atoms with Gasteiger partial charge in [0.15, 0.2) is 0 Å². The van der Waals surface area contributed by atoms with Gasteiger partial charge in [0.05, 0.1) is 10.0 Å². The number of hydrogen-bond donors (Lipinski definition) is 0. The summed E-state index contributed by atoms with van der Waals surface area (Å²) in [7, 11) is 0.541. The number of nitrogens with zero attached hydrogens (tertiary/aromatic N) is 2. The van der Waals surface area contributed by atoms with Crippen LogP contribution in [-0.2, 0) is 10.0 Å². The molecule has 0 rings (SSSR count). The molecule has 0 saturated carbocycles. The molecule has 0 aromatic carbocycles. The quantitative estimate of drug-likeness (QED) is 0.434. The van der Waals surface area contributed by atoms with E-state index in [1.54, 1.807) is 0 Å². The first kappa shape index (κ1) is 22.7. The van der Waals surface area contributed by atoms with Gasteiger partial charge in [-0.25, -0.2) is 8.42 Å². The van der Waals surface area contributed by atoms with Crippen LogP contribution in [0.5, 0.6) is 0 Å². The van der Waals surface area contributed by atoms with Crippen molar-refractivity contribution in [2.45, 2.75) is 64.0 Å². The lowest BCUT2D eigenvalue weighted by atomic mass is 10.1. The Balaban J connectivity index is 3.45. The summed E-state index contributed by atoms with van der Waals surface area (Å²) in [5.41, 5.74) is 0. The van der Waals surface area contributed by atoms with Gasteiger partial charge in [-0.2, -0.15) is 13.2 Å². The molecule has 0 saturated heterocycles. The molecule has 0 aromatic rings. The van der Waals surface area contributed by atoms with E-state index >= 15 is 0 Å². The van der Waals surface area contributed by atoms with E-state index in [9.17, 15) is 21.6 Å². The fraction of sp³-hybridized carbons (Fsp3) is 1.00. The topological polar surface area (TPSA) is 51.5 Å². The van der Waals surface area contributed by atoms with Crippen molar-refractivity contribution in [3.05, 3.63) is 4.72 Å². The number of hydrogen-bond acceptors (Lipinski definition) is 3. The fourth-order valence-corrected chi connectivity index (χ4v) is 3.25. The van der Waals surface area contributed by atoms with Crippen LogP contribution in [0.2, 0.25) is 0 Å². The van der Waals surface area contributed by atoms with Gasteiger partial charge in [0.25, 0.3) is 0 Å². The summed E-state index contributed by atoms with van der Waals surface area (Å²) in [6.07, 6.45) is 0.587. The van der Waals surface area contributed by atoms with Crippen molar-refractivity contribution in [2.24, 2.45) is 0 Å². The van der Waals surface area contributed by atoms with Crippen molar-refractivity contribution >= 4 is 10.0 Å². The lowest BCUT2D eigenvalue weighted by molar-refractivity contribution is -0.135. The third kappa shape index (κ3) is 17.8. The van der Waals surface area contributed by atoms with E-state index in [2.05, 4.69) is 4.72 Å². The predicted octanol–water partition coefficient (Wildman–Crippen LogP) is 4.32. The summed E-state index contributed by atoms with van der Waals surface area (Å²) in [6, 6.07) is 0. The molecule has 0 aliphatic rings. The van der Waals surface area contributed by atoms with Gasteiger partial charge in [0.2, 0.25) is 0 Å². The van der Waals surface area contributed by atoms with Gasteiger partial charge >= 0.3 is 6.18 Å². The summed E-state index contributed by atoms with van der Waals surface area (Å²) in [4.78, 5) is 1.98. The average Bonchev–Trinajstić information content (AvgIpc) is 2.40. The van der Waals surface area contributed by atoms with Crippen LogP contribution in [-0.4, -0.2) is 52.4 Å². The first-order valence-electron chi connectivity index (χ1n) is 8.25. The van der Waals surface area contributed by atoms with Crippen molar-refractivity contribution in [2.75, 3.05) is 32.9 Å². The molecule has 0 aliphatic carbocycles. The van der Waals surface area contributed by atoms with Crippen LogP contribution in [0.4, 0.5) is 13.2 Å². The van der Waals surface area contributed by atoms with Crippen LogP contribution in [0.1, 0.15) is 57.8 Å². The molecule has 0 spiro atoms. The highest BCUT2D eigenvalue weighted by Gasteiger charge is 2.25. The molecule has 0 bridgehead atoms. The maximum Gasteiger partial charge on any atom is 0.389 e. The highest BCUT2D eigenvalue weighted by Crippen LogP contribution is 2.23. The van der Waals surface area contributed by atoms with Crippen molar-refractivity contribution in [3.8, 4) is 0 Å². The zero-order valence-corrected chi connectivity index (χ0v) is 15.1. The van der Waals surface area contributed by atoms with E-state index < -0.39 is 22.6 Å². The molecule has 0 radical (unpaired) electrons. The number of halogens is 3. The second-order valence-corrected chi connectivity index (χ2v) is 7.97. The Bertz CT molecular complexity index is 385. The largest absolute Gasteiger partial charge is 0.549 e. The van der Waals surface area contributed by atoms with Gasteiger partial charge in [0.1, 0.15) is 0 Å². The molecule has 0 atom stereocenters. The van der Waals surface area contributed by atoms with Crippen LogP contribution in [0.25, 0.3) is 4.72 Å². The Morgan fingerprint density at radius 1 is 0.870 bits per heavy atom. The summed E-state index contributed by atoms with van der Waals surface area (Å²) in [5.74, 6) is 0.0725. The molecule has 0 aliphatic heterocycles. The van der Waals surface area contributed by atoms with Crippen LogP contribution in [0.3, 0.4) is 0 Å². The smallest absolute Gasteiger partial charge is 0.389 e. The van der Waals surface area contributed by atoms with E-state index in [4.69, 9.17) is 0 Å². The maximum atomic E-state index is 11.9. The van der Waals surface area contributed by atoms with E-state index in [0.29, 0.717) is 19.4 Å². The number of sulfonamides is 1. The molecule has 0 unspecified atom stereocenters. The molecule has 0 N–H and O–H groups in total. The number of rotatable bonds is 14. The molecule has 0 heterocycles. The molecule has 140 valence electrons. The maximum absolute atomic E-state index is 11.9. The molecule has 8 heteroatoms. The molecule has 0 fully saturated rings. The Hall–Kier alpha value is -0.340. The predicted molar refractivity (Wildman–Crippen MR) is 88.2 cm³/mol. The first-order chi connectivity index (χ1) is 10.6. The number of alkyl halides is 3. The molecule has 4 nitrogen and oxygen atoms in total. The van der Waals surface area contributed by atoms with Gasteiger partial charge in [-0.15, -0.1) is 6.54 Å². The minimum Gasteiger partial charge on any atom is -0.549 e. The highest BCUT2D eigenvalue weighted by molar-refractivity contribution is 7.93. The van der Waals surface area contributed by atoms with Gasteiger partial charge in [-0.3, -0.25) is 0 Å². The van der Waals surface area contributed by atoms with Gasteiger partial charge < -0.3 is 9.62 Å². The van der Waals surface area contributed by atoms with Crippen LogP contribution >= 0.6 is 0 Å². The SMILES string of the molecule is CN(C)CCC[N-]S(=O)(=O)CCCCCCCCCC(F)(F)F. The normalized spacial score (nSPS) is 13.0. The third-order valence-corrected chi connectivity index (χ3v) is 4.79. The fourth-order valence-electron chi connectivity index (χ4n) is 2.15. The van der Waals surface area contributed by atoms with Gasteiger partial charge in [-0.1, -0.05) is 38.5 Å². The minimum atomic E-state index is -4.05. The monoisotopic (exact) mass is 359 g/mol. The molecule has 23 heavy (non-hydrogen) atoms. The zero-order chi connectivity index (χ0) is 17.8. The summed E-state index contributed by atoms with van der Waals surface area (Å²) in [5, 5.41) is 0. The van der Waals surface area contributed by atoms with Gasteiger partial charge in [0, 0.05) is 12.2 Å². The summed E-state index contributed by atoms with van der Waals surface area (Å²) < 4.78 is 62.8. The third-order valence-electron chi connectivity index (χ3n) is 3.41. The van der Waals surface area contributed by atoms with E-state index in [1.165, 1.54) is 0 Å². The molecule has 0 amide bonds. The van der Waals surface area contributed by atoms with E-state index in [-0.39, 0.29) is 12.2 Å². The first-order valence-corrected chi connectivity index (χ1v) is 9.86. The second-order valence-electron chi connectivity index (χ2n) is 6.14. The van der Waals surface area contributed by atoms with Crippen LogP contribution < -0.4 is 0 Å². The number of unbranched alkanes of at least 4 members (excludes halogenated alkanes) is 6. The summed E-state index contributed by atoms with van der Waals surface area (Å²) in [6.45, 7) is 1.15. The van der Waals surface area contributed by atoms with Crippen molar-refractivity contribution in [1.82, 2.24) is 4.90 Å². The van der Waals surface area contributed by atoms with Crippen molar-refractivity contribution in [1.29, 1.82) is 0 Å². The minimum absolute atomic E-state index is 0.0725. The standard InChI is InChI=1S/C15H30F3N2O2S/c1-20(2)13-10-12-19-23(21,22)14-9-7-5-3-4-6-8-11-15(16,17)18/h3-14H2,1-2H3/q-1. The Labute approximate surface area is 138 Å². The highest BCUT2D eigenvalue weighted by atomic mass is 32.2. The second kappa shape index (κ2) is 12.1. The zero-order valence-electron chi connectivity index (χ0n) is 14.2. The van der Waals surface area contributed by atoms with E-state index in [1.807, 2.05) is 19.0 Å². The lowest BCUT2D eigenvalue weighted by Gasteiger charge is -2.20. The van der Waals surface area contributed by atoms with Crippen molar-refractivity contribution in [3.63, 3.8) is 0 Å². The summed E-state index contributed by atoms with van der Waals surface area (Å²) >= 11 is 0. The Kier molecular flexibility index (Phi) is 11.9. The molecular formula is C15H30F3N2O2S-. The van der Waals surface area contributed by atoms with Crippen LogP contribution in [0, 0.1) is 0 Å². The lowest BCUT2D eigenvalue weighted by Crippen LogP contribution is -2.15. The van der Waals surface area contributed by atoms with Crippen LogP contribution in [0.15, 0.2) is 0 Å². The molecule has 0 aromatic heterocycles. The van der Waals surface area contributed by atoms with Crippen molar-refractivity contribution < 1.29 is 21.6 Å². The molecular weight excluding hydrogens is 329 g/mol.